The Kier molecular flexibility index (Phi) is 10.7. The van der Waals surface area contributed by atoms with E-state index in [9.17, 15) is 0 Å². The maximum atomic E-state index is 6.37. The third kappa shape index (κ3) is 6.95. The topological polar surface area (TPSA) is 38.9 Å². The molecule has 3 nitrogen and oxygen atoms in total. The quantitative estimate of drug-likeness (QED) is 0.115. The number of nitrogens with zero attached hydrogens (tertiary/aromatic N) is 2. The molecule has 0 radical (unpaired) electrons. The van der Waals surface area contributed by atoms with Crippen LogP contribution >= 0.6 is 41.6 Å². The van der Waals surface area contributed by atoms with E-state index in [4.69, 9.17) is 4.42 Å². The van der Waals surface area contributed by atoms with Crippen LogP contribution in [-0.4, -0.2) is 10.2 Å². The van der Waals surface area contributed by atoms with Gasteiger partial charge in [-0.05, 0) is 0 Å². The zero-order valence-corrected chi connectivity index (χ0v) is 37.3. The van der Waals surface area contributed by atoms with E-state index < -0.39 is 10.6 Å². The van der Waals surface area contributed by atoms with Crippen molar-refractivity contribution < 1.29 is 4.42 Å². The summed E-state index contributed by atoms with van der Waals surface area (Å²) in [4.78, 5) is 0. The van der Waals surface area contributed by atoms with Gasteiger partial charge < -0.3 is 0 Å². The molecular formula is C52H42Br2N2OP2. The third-order valence-corrected chi connectivity index (χ3v) is 30.6. The van der Waals surface area contributed by atoms with Crippen LogP contribution in [0.1, 0.15) is 11.1 Å². The molecule has 0 bridgehead atoms. The average Bonchev–Trinajstić information content (AvgIpc) is 3.82. The summed E-state index contributed by atoms with van der Waals surface area (Å²) in [5, 5.41) is 10.4. The van der Waals surface area contributed by atoms with Gasteiger partial charge >= 0.3 is 365 Å². The second kappa shape index (κ2) is 16.1. The Hall–Kier alpha value is -5.28. The molecule has 8 aromatic carbocycles. The van der Waals surface area contributed by atoms with Crippen LogP contribution in [-0.2, 0) is 12.3 Å². The van der Waals surface area contributed by atoms with Gasteiger partial charge in [0.2, 0.25) is 0 Å². The van der Waals surface area contributed by atoms with Crippen LogP contribution in [0, 0.1) is 0 Å². The molecule has 0 fully saturated rings. The Morgan fingerprint density at radius 2 is 0.525 bits per heavy atom. The van der Waals surface area contributed by atoms with Crippen molar-refractivity contribution in [1.29, 1.82) is 0 Å². The Labute approximate surface area is 362 Å². The van der Waals surface area contributed by atoms with Crippen LogP contribution in [0.4, 0.5) is 0 Å². The third-order valence-electron chi connectivity index (χ3n) is 11.6. The van der Waals surface area contributed by atoms with E-state index in [-0.39, 0.29) is 0 Å². The predicted octanol–water partition coefficient (Wildman–Crippen LogP) is 12.1. The molecule has 0 aliphatic heterocycles. The summed E-state index contributed by atoms with van der Waals surface area (Å²) in [5.74, 6) is 0.979. The average molecular weight is 933 g/mol. The van der Waals surface area contributed by atoms with Gasteiger partial charge in [-0.15, -0.1) is 0 Å². The fourth-order valence-corrected chi connectivity index (χ4v) is 24.0. The molecule has 0 atom stereocenters. The molecule has 0 saturated carbocycles. The van der Waals surface area contributed by atoms with Crippen LogP contribution in [0.5, 0.6) is 0 Å². The van der Waals surface area contributed by atoms with Gasteiger partial charge in [-0.3, -0.25) is 0 Å². The second-order valence-electron chi connectivity index (χ2n) is 15.0. The fraction of sp³-hybridized carbons (Fsp3) is 0.0385. The molecule has 1 aromatic heterocycles. The van der Waals surface area contributed by atoms with Crippen LogP contribution in [0.3, 0.4) is 0 Å². The van der Waals surface area contributed by atoms with E-state index in [1.165, 1.54) is 43.0 Å². The molecule has 1 heterocycles. The number of aromatic nitrogens is 2. The molecule has 9 aromatic rings. The van der Waals surface area contributed by atoms with Crippen LogP contribution in [0.2, 0.25) is 0 Å². The summed E-state index contributed by atoms with van der Waals surface area (Å²) in [6, 6.07) is 82.5. The fourth-order valence-electron chi connectivity index (χ4n) is 8.52. The van der Waals surface area contributed by atoms with Crippen molar-refractivity contribution in [2.45, 2.75) is 12.3 Å². The van der Waals surface area contributed by atoms with Gasteiger partial charge in [0, 0.05) is 0 Å². The summed E-state index contributed by atoms with van der Waals surface area (Å²) in [6.07, 6.45) is 1.59. The second-order valence-corrected chi connectivity index (χ2v) is 32.9. The molecule has 0 unspecified atom stereocenters. The molecule has 59 heavy (non-hydrogen) atoms. The van der Waals surface area contributed by atoms with Crippen LogP contribution in [0.15, 0.2) is 235 Å². The van der Waals surface area contributed by atoms with Crippen LogP contribution in [0.25, 0.3) is 22.9 Å². The molecule has 7 heteroatoms. The molecule has 290 valence electrons. The van der Waals surface area contributed by atoms with E-state index >= 15 is 0 Å². The van der Waals surface area contributed by atoms with Gasteiger partial charge in [0.05, 0.1) is 0 Å². The van der Waals surface area contributed by atoms with E-state index in [1.807, 2.05) is 0 Å². The molecular weight excluding hydrogens is 890 g/mol. The SMILES string of the molecule is BrP(Cc1ccc(-c2nnc(-c3ccc(CP(Br)(c4ccccc4)(c4ccccc4)c4ccccc4)cc3)o2)cc1)(c1ccccc1)(c1ccccc1)c1ccccc1. The van der Waals surface area contributed by atoms with Crippen molar-refractivity contribution in [2.24, 2.45) is 0 Å². The van der Waals surface area contributed by atoms with Gasteiger partial charge in [-0.2, -0.15) is 0 Å². The molecule has 0 amide bonds. The number of hydrogen-bond donors (Lipinski definition) is 0. The monoisotopic (exact) mass is 930 g/mol. The Balaban J connectivity index is 1.02. The van der Waals surface area contributed by atoms with Crippen molar-refractivity contribution in [1.82, 2.24) is 10.2 Å². The first-order chi connectivity index (χ1) is 28.9. The van der Waals surface area contributed by atoms with Crippen molar-refractivity contribution in [3.63, 3.8) is 0 Å². The molecule has 0 spiro atoms. The molecule has 0 aliphatic carbocycles. The number of benzene rings is 8. The summed E-state index contributed by atoms with van der Waals surface area (Å²) >= 11 is 9.19. The molecule has 9 rings (SSSR count). The van der Waals surface area contributed by atoms with Gasteiger partial charge in [-0.1, -0.05) is 0 Å². The van der Waals surface area contributed by atoms with Crippen molar-refractivity contribution in [3.8, 4) is 22.9 Å². The first kappa shape index (κ1) is 39.2. The number of hydrogen-bond acceptors (Lipinski definition) is 3. The molecule has 0 saturated heterocycles. The number of rotatable bonds is 12. The summed E-state index contributed by atoms with van der Waals surface area (Å²) < 4.78 is 6.37. The first-order valence-electron chi connectivity index (χ1n) is 19.7. The Morgan fingerprint density at radius 1 is 0.305 bits per heavy atom. The predicted molar refractivity (Wildman–Crippen MR) is 261 cm³/mol. The van der Waals surface area contributed by atoms with Gasteiger partial charge in [-0.25, -0.2) is 0 Å². The van der Waals surface area contributed by atoms with Gasteiger partial charge in [0.1, 0.15) is 0 Å². The number of halogens is 2. The minimum atomic E-state index is -3.15. The standard InChI is InChI=1S/C52H42Br2N2OP2/c53-58(45-19-7-1-8-20-45,46-21-9-2-10-22-46,47-23-11-3-12-24-47)39-41-31-35-43(36-32-41)51-55-56-52(57-51)44-37-33-42(34-38-44)40-59(54,48-25-13-4-14-26-48,49-27-15-5-16-28-49)50-29-17-6-18-30-50/h1-38H,39-40H2. The van der Waals surface area contributed by atoms with Gasteiger partial charge in [0.25, 0.3) is 0 Å². The van der Waals surface area contributed by atoms with E-state index in [0.717, 1.165) is 23.5 Å². The zero-order chi connectivity index (χ0) is 40.2. The molecule has 0 aliphatic rings. The summed E-state index contributed by atoms with van der Waals surface area (Å²) in [5.41, 5.74) is 4.17. The van der Waals surface area contributed by atoms with Crippen LogP contribution < -0.4 is 31.8 Å². The van der Waals surface area contributed by atoms with E-state index in [1.54, 1.807) is 0 Å². The van der Waals surface area contributed by atoms with Gasteiger partial charge in [0.15, 0.2) is 0 Å². The van der Waals surface area contributed by atoms with Crippen molar-refractivity contribution in [3.05, 3.63) is 242 Å². The van der Waals surface area contributed by atoms with E-state index in [2.05, 4.69) is 272 Å². The zero-order valence-electron chi connectivity index (χ0n) is 32.3. The summed E-state index contributed by atoms with van der Waals surface area (Å²) in [7, 11) is 0. The first-order valence-corrected chi connectivity index (χ1v) is 28.6. The Morgan fingerprint density at radius 3 is 0.746 bits per heavy atom. The maximum absolute atomic E-state index is 6.37. The van der Waals surface area contributed by atoms with Crippen molar-refractivity contribution >= 4 is 73.4 Å². The van der Waals surface area contributed by atoms with Crippen molar-refractivity contribution in [2.75, 3.05) is 0 Å². The normalized spacial score (nSPS) is 13.1. The molecule has 0 N–H and O–H groups in total. The minimum absolute atomic E-state index is 0.490. The van der Waals surface area contributed by atoms with E-state index in [0.29, 0.717) is 11.8 Å². The Bertz CT molecular complexity index is 2400. The summed E-state index contributed by atoms with van der Waals surface area (Å²) in [6.45, 7) is 0.